The molecule has 0 fully saturated rings. The zero-order valence-corrected chi connectivity index (χ0v) is 13.6. The third kappa shape index (κ3) is 6.25. The second-order valence-corrected chi connectivity index (χ2v) is 6.72. The van der Waals surface area contributed by atoms with Crippen molar-refractivity contribution in [2.75, 3.05) is 0 Å². The van der Waals surface area contributed by atoms with E-state index in [9.17, 15) is 4.79 Å². The number of hydrogen-bond donors (Lipinski definition) is 2. The highest BCUT2D eigenvalue weighted by Crippen LogP contribution is 2.19. The number of aliphatic carboxylic acids is 1. The molecule has 0 aliphatic carbocycles. The predicted molar refractivity (Wildman–Crippen MR) is 80.0 cm³/mol. The predicted octanol–water partition coefficient (Wildman–Crippen LogP) is 2.74. The molecule has 0 aliphatic heterocycles. The van der Waals surface area contributed by atoms with Gasteiger partial charge in [0, 0.05) is 11.5 Å². The van der Waals surface area contributed by atoms with E-state index in [4.69, 9.17) is 9.63 Å². The second-order valence-electron chi connectivity index (χ2n) is 6.72. The van der Waals surface area contributed by atoms with Gasteiger partial charge in [-0.3, -0.25) is 4.79 Å². The van der Waals surface area contributed by atoms with Crippen molar-refractivity contribution in [1.29, 1.82) is 0 Å². The normalized spacial score (nSPS) is 14.9. The van der Waals surface area contributed by atoms with Crippen LogP contribution >= 0.6 is 0 Å². The maximum Gasteiger partial charge on any atom is 0.306 e. The standard InChI is InChI=1S/C15H27N3O3/c1-10(13(19)20)7-6-8-11(2)16-9-12-17-14(21-18-12)15(3,4)5/h10-11,16H,6-9H2,1-5H3,(H,19,20). The smallest absolute Gasteiger partial charge is 0.306 e. The van der Waals surface area contributed by atoms with Crippen LogP contribution < -0.4 is 5.32 Å². The van der Waals surface area contributed by atoms with Gasteiger partial charge in [-0.1, -0.05) is 39.3 Å². The van der Waals surface area contributed by atoms with E-state index in [1.54, 1.807) is 6.92 Å². The largest absolute Gasteiger partial charge is 0.481 e. The molecular formula is C15H27N3O3. The van der Waals surface area contributed by atoms with Gasteiger partial charge in [0.15, 0.2) is 5.82 Å². The SMILES string of the molecule is CC(CCCC(C)C(=O)O)NCc1noc(C(C)(C)C)n1. The van der Waals surface area contributed by atoms with Crippen LogP contribution in [0, 0.1) is 5.92 Å². The van der Waals surface area contributed by atoms with Gasteiger partial charge >= 0.3 is 5.97 Å². The molecule has 0 amide bonds. The highest BCUT2D eigenvalue weighted by Gasteiger charge is 2.21. The molecule has 0 aromatic carbocycles. The summed E-state index contributed by atoms with van der Waals surface area (Å²) < 4.78 is 5.23. The number of carbonyl (C=O) groups is 1. The molecule has 21 heavy (non-hydrogen) atoms. The van der Waals surface area contributed by atoms with Gasteiger partial charge in [0.1, 0.15) is 0 Å². The Balaban J connectivity index is 2.28. The molecule has 2 N–H and O–H groups in total. The average Bonchev–Trinajstić information content (AvgIpc) is 2.84. The fourth-order valence-corrected chi connectivity index (χ4v) is 1.85. The Morgan fingerprint density at radius 1 is 1.33 bits per heavy atom. The van der Waals surface area contributed by atoms with Gasteiger partial charge in [0.2, 0.25) is 5.89 Å². The number of carboxylic acid groups (broad SMARTS) is 1. The highest BCUT2D eigenvalue weighted by molar-refractivity contribution is 5.69. The van der Waals surface area contributed by atoms with Crippen molar-refractivity contribution in [3.63, 3.8) is 0 Å². The third-order valence-electron chi connectivity index (χ3n) is 3.41. The molecule has 2 atom stereocenters. The van der Waals surface area contributed by atoms with E-state index in [0.717, 1.165) is 12.8 Å². The number of carboxylic acids is 1. The molecule has 1 heterocycles. The molecule has 2 unspecified atom stereocenters. The van der Waals surface area contributed by atoms with Crippen LogP contribution in [-0.2, 0) is 16.8 Å². The fraction of sp³-hybridized carbons (Fsp3) is 0.800. The first-order valence-corrected chi connectivity index (χ1v) is 7.49. The highest BCUT2D eigenvalue weighted by atomic mass is 16.5. The van der Waals surface area contributed by atoms with E-state index in [2.05, 4.69) is 22.4 Å². The van der Waals surface area contributed by atoms with E-state index in [1.807, 2.05) is 20.8 Å². The lowest BCUT2D eigenvalue weighted by Crippen LogP contribution is -2.26. The van der Waals surface area contributed by atoms with Crippen LogP contribution in [0.4, 0.5) is 0 Å². The number of rotatable bonds is 8. The number of aromatic nitrogens is 2. The summed E-state index contributed by atoms with van der Waals surface area (Å²) in [6.07, 6.45) is 2.53. The molecule has 0 radical (unpaired) electrons. The summed E-state index contributed by atoms with van der Waals surface area (Å²) in [6, 6.07) is 0.294. The first-order valence-electron chi connectivity index (χ1n) is 7.49. The van der Waals surface area contributed by atoms with E-state index in [-0.39, 0.29) is 11.3 Å². The molecular weight excluding hydrogens is 270 g/mol. The van der Waals surface area contributed by atoms with Gasteiger partial charge in [-0.05, 0) is 19.8 Å². The fourth-order valence-electron chi connectivity index (χ4n) is 1.85. The summed E-state index contributed by atoms with van der Waals surface area (Å²) in [5.74, 6) is 0.300. The van der Waals surface area contributed by atoms with Crippen LogP contribution in [0.2, 0.25) is 0 Å². The Morgan fingerprint density at radius 3 is 2.52 bits per heavy atom. The van der Waals surface area contributed by atoms with Crippen LogP contribution in [0.1, 0.15) is 65.6 Å². The van der Waals surface area contributed by atoms with Gasteiger partial charge in [-0.2, -0.15) is 4.98 Å². The molecule has 6 heteroatoms. The van der Waals surface area contributed by atoms with Crippen molar-refractivity contribution in [2.24, 2.45) is 5.92 Å². The van der Waals surface area contributed by atoms with Crippen LogP contribution in [0.15, 0.2) is 4.52 Å². The first-order chi connectivity index (χ1) is 9.70. The number of hydrogen-bond acceptors (Lipinski definition) is 5. The zero-order chi connectivity index (χ0) is 16.0. The summed E-state index contributed by atoms with van der Waals surface area (Å²) in [4.78, 5) is 15.1. The minimum atomic E-state index is -0.725. The molecule has 1 aromatic heterocycles. The molecule has 0 bridgehead atoms. The number of nitrogens with one attached hydrogen (secondary N) is 1. The second kappa shape index (κ2) is 7.54. The Bertz CT molecular complexity index is 451. The molecule has 0 saturated heterocycles. The lowest BCUT2D eigenvalue weighted by Gasteiger charge is -2.13. The third-order valence-corrected chi connectivity index (χ3v) is 3.41. The Morgan fingerprint density at radius 2 is 2.00 bits per heavy atom. The molecule has 0 spiro atoms. The van der Waals surface area contributed by atoms with Gasteiger partial charge in [0.25, 0.3) is 0 Å². The van der Waals surface area contributed by atoms with Crippen LogP contribution in [-0.4, -0.2) is 27.3 Å². The molecule has 1 rings (SSSR count). The Hall–Kier alpha value is -1.43. The van der Waals surface area contributed by atoms with Crippen molar-refractivity contribution in [3.05, 3.63) is 11.7 Å². The van der Waals surface area contributed by atoms with E-state index >= 15 is 0 Å². The topological polar surface area (TPSA) is 88.2 Å². The Labute approximate surface area is 126 Å². The zero-order valence-electron chi connectivity index (χ0n) is 13.6. The summed E-state index contributed by atoms with van der Waals surface area (Å²) in [7, 11) is 0. The van der Waals surface area contributed by atoms with Crippen LogP contribution in [0.25, 0.3) is 0 Å². The van der Waals surface area contributed by atoms with E-state index in [0.29, 0.717) is 30.7 Å². The summed E-state index contributed by atoms with van der Waals surface area (Å²) in [6.45, 7) is 10.5. The van der Waals surface area contributed by atoms with Gasteiger partial charge in [-0.15, -0.1) is 0 Å². The maximum absolute atomic E-state index is 10.7. The van der Waals surface area contributed by atoms with E-state index < -0.39 is 5.97 Å². The monoisotopic (exact) mass is 297 g/mol. The summed E-state index contributed by atoms with van der Waals surface area (Å²) >= 11 is 0. The summed E-state index contributed by atoms with van der Waals surface area (Å²) in [5.41, 5.74) is -0.135. The lowest BCUT2D eigenvalue weighted by molar-refractivity contribution is -0.141. The van der Waals surface area contributed by atoms with Gasteiger partial charge < -0.3 is 14.9 Å². The van der Waals surface area contributed by atoms with Gasteiger partial charge in [-0.25, -0.2) is 0 Å². The molecule has 6 nitrogen and oxygen atoms in total. The van der Waals surface area contributed by atoms with Crippen molar-refractivity contribution in [1.82, 2.24) is 15.5 Å². The van der Waals surface area contributed by atoms with Gasteiger partial charge in [0.05, 0.1) is 12.5 Å². The molecule has 0 saturated carbocycles. The molecule has 0 aliphatic rings. The Kier molecular flexibility index (Phi) is 6.33. The average molecular weight is 297 g/mol. The maximum atomic E-state index is 10.7. The van der Waals surface area contributed by atoms with E-state index in [1.165, 1.54) is 0 Å². The van der Waals surface area contributed by atoms with Crippen molar-refractivity contribution in [2.45, 2.75) is 71.9 Å². The molecule has 120 valence electrons. The number of nitrogens with zero attached hydrogens (tertiary/aromatic N) is 2. The lowest BCUT2D eigenvalue weighted by atomic mass is 9.97. The van der Waals surface area contributed by atoms with Crippen LogP contribution in [0.3, 0.4) is 0 Å². The van der Waals surface area contributed by atoms with Crippen LogP contribution in [0.5, 0.6) is 0 Å². The van der Waals surface area contributed by atoms with Crippen molar-refractivity contribution in [3.8, 4) is 0 Å². The molecule has 1 aromatic rings. The van der Waals surface area contributed by atoms with Crippen molar-refractivity contribution < 1.29 is 14.4 Å². The summed E-state index contributed by atoms with van der Waals surface area (Å²) in [5, 5.41) is 16.1. The minimum absolute atomic E-state index is 0.135. The van der Waals surface area contributed by atoms with Crippen molar-refractivity contribution >= 4 is 5.97 Å². The minimum Gasteiger partial charge on any atom is -0.481 e. The first kappa shape index (κ1) is 17.6. The quantitative estimate of drug-likeness (QED) is 0.767.